The maximum Gasteiger partial charge on any atom is 0.308 e. The fourth-order valence-corrected chi connectivity index (χ4v) is 2.23. The van der Waals surface area contributed by atoms with Gasteiger partial charge in [0.1, 0.15) is 0 Å². The Morgan fingerprint density at radius 1 is 1.50 bits per heavy atom. The SMILES string of the molecule is CCOC1CC1C(=O)N1CCC(C(=O)O)C1. The molecule has 0 aromatic heterocycles. The first-order valence-electron chi connectivity index (χ1n) is 5.76. The smallest absolute Gasteiger partial charge is 0.308 e. The van der Waals surface area contributed by atoms with Crippen LogP contribution in [0.15, 0.2) is 0 Å². The second-order valence-corrected chi connectivity index (χ2v) is 4.44. The van der Waals surface area contributed by atoms with E-state index in [1.165, 1.54) is 0 Å². The summed E-state index contributed by atoms with van der Waals surface area (Å²) >= 11 is 0. The van der Waals surface area contributed by atoms with Crippen molar-refractivity contribution in [2.75, 3.05) is 19.7 Å². The Hall–Kier alpha value is -1.10. The van der Waals surface area contributed by atoms with Gasteiger partial charge < -0.3 is 14.7 Å². The molecule has 5 nitrogen and oxygen atoms in total. The van der Waals surface area contributed by atoms with Gasteiger partial charge in [-0.2, -0.15) is 0 Å². The molecule has 1 heterocycles. The summed E-state index contributed by atoms with van der Waals surface area (Å²) in [5, 5.41) is 8.84. The van der Waals surface area contributed by atoms with E-state index in [2.05, 4.69) is 0 Å². The van der Waals surface area contributed by atoms with Crippen molar-refractivity contribution in [2.45, 2.75) is 25.9 Å². The third-order valence-electron chi connectivity index (χ3n) is 3.28. The highest BCUT2D eigenvalue weighted by atomic mass is 16.5. The van der Waals surface area contributed by atoms with Gasteiger partial charge in [0.05, 0.1) is 17.9 Å². The van der Waals surface area contributed by atoms with Crippen molar-refractivity contribution >= 4 is 11.9 Å². The normalized spacial score (nSPS) is 32.8. The Labute approximate surface area is 94.4 Å². The van der Waals surface area contributed by atoms with Crippen LogP contribution in [0.1, 0.15) is 19.8 Å². The van der Waals surface area contributed by atoms with Crippen molar-refractivity contribution in [1.29, 1.82) is 0 Å². The summed E-state index contributed by atoms with van der Waals surface area (Å²) in [4.78, 5) is 24.3. The molecule has 1 amide bonds. The minimum atomic E-state index is -0.799. The molecule has 3 unspecified atom stereocenters. The predicted octanol–water partition coefficient (Wildman–Crippen LogP) is 0.344. The van der Waals surface area contributed by atoms with Crippen molar-refractivity contribution < 1.29 is 19.4 Å². The molecule has 0 radical (unpaired) electrons. The van der Waals surface area contributed by atoms with Crippen LogP contribution in [0.5, 0.6) is 0 Å². The largest absolute Gasteiger partial charge is 0.481 e. The van der Waals surface area contributed by atoms with Crippen molar-refractivity contribution in [3.63, 3.8) is 0 Å². The van der Waals surface area contributed by atoms with Crippen LogP contribution >= 0.6 is 0 Å². The van der Waals surface area contributed by atoms with Crippen molar-refractivity contribution in [3.05, 3.63) is 0 Å². The minimum absolute atomic E-state index is 0.0208. The van der Waals surface area contributed by atoms with E-state index in [-0.39, 0.29) is 23.8 Å². The van der Waals surface area contributed by atoms with Crippen LogP contribution < -0.4 is 0 Å². The zero-order valence-electron chi connectivity index (χ0n) is 9.39. The van der Waals surface area contributed by atoms with Crippen LogP contribution in [0.3, 0.4) is 0 Å². The Bertz CT molecular complexity index is 304. The van der Waals surface area contributed by atoms with Crippen molar-refractivity contribution in [1.82, 2.24) is 4.90 Å². The Morgan fingerprint density at radius 3 is 2.81 bits per heavy atom. The lowest BCUT2D eigenvalue weighted by atomic mass is 10.1. The molecule has 0 spiro atoms. The number of rotatable bonds is 4. The van der Waals surface area contributed by atoms with Crippen LogP contribution in [0.25, 0.3) is 0 Å². The number of likely N-dealkylation sites (tertiary alicyclic amines) is 1. The third-order valence-corrected chi connectivity index (χ3v) is 3.28. The molecule has 1 aliphatic heterocycles. The highest BCUT2D eigenvalue weighted by Gasteiger charge is 2.47. The Morgan fingerprint density at radius 2 is 2.25 bits per heavy atom. The topological polar surface area (TPSA) is 66.8 Å². The highest BCUT2D eigenvalue weighted by molar-refractivity contribution is 5.83. The van der Waals surface area contributed by atoms with Gasteiger partial charge in [-0.05, 0) is 19.8 Å². The average molecular weight is 227 g/mol. The van der Waals surface area contributed by atoms with Crippen LogP contribution in [0.4, 0.5) is 0 Å². The molecular formula is C11H17NO4. The molecule has 1 saturated carbocycles. The monoisotopic (exact) mass is 227 g/mol. The number of carbonyl (C=O) groups is 2. The zero-order chi connectivity index (χ0) is 11.7. The van der Waals surface area contributed by atoms with Gasteiger partial charge in [-0.15, -0.1) is 0 Å². The molecule has 0 aromatic rings. The molecule has 2 aliphatic rings. The van der Waals surface area contributed by atoms with E-state index in [0.717, 1.165) is 6.42 Å². The van der Waals surface area contributed by atoms with Gasteiger partial charge in [-0.1, -0.05) is 0 Å². The second kappa shape index (κ2) is 4.41. The van der Waals surface area contributed by atoms with E-state index in [1.807, 2.05) is 6.92 Å². The molecule has 5 heteroatoms. The molecule has 3 atom stereocenters. The maximum atomic E-state index is 11.9. The molecule has 90 valence electrons. The second-order valence-electron chi connectivity index (χ2n) is 4.44. The van der Waals surface area contributed by atoms with E-state index in [0.29, 0.717) is 26.1 Å². The Balaban J connectivity index is 1.82. The van der Waals surface area contributed by atoms with Gasteiger partial charge >= 0.3 is 5.97 Å². The number of nitrogens with zero attached hydrogens (tertiary/aromatic N) is 1. The summed E-state index contributed by atoms with van der Waals surface area (Å²) in [5.74, 6) is -1.13. The first kappa shape index (κ1) is 11.4. The summed E-state index contributed by atoms with van der Waals surface area (Å²) in [6, 6.07) is 0. The molecular weight excluding hydrogens is 210 g/mol. The minimum Gasteiger partial charge on any atom is -0.481 e. The van der Waals surface area contributed by atoms with E-state index < -0.39 is 5.97 Å². The third kappa shape index (κ3) is 2.19. The molecule has 1 N–H and O–H groups in total. The fraction of sp³-hybridized carbons (Fsp3) is 0.818. The van der Waals surface area contributed by atoms with Gasteiger partial charge in [0.2, 0.25) is 5.91 Å². The number of hydrogen-bond donors (Lipinski definition) is 1. The van der Waals surface area contributed by atoms with Gasteiger partial charge in [0.25, 0.3) is 0 Å². The average Bonchev–Trinajstić information content (AvgIpc) is 2.82. The highest BCUT2D eigenvalue weighted by Crippen LogP contribution is 2.36. The molecule has 16 heavy (non-hydrogen) atoms. The summed E-state index contributed by atoms with van der Waals surface area (Å²) in [6.45, 7) is 3.48. The van der Waals surface area contributed by atoms with E-state index in [4.69, 9.17) is 9.84 Å². The van der Waals surface area contributed by atoms with Crippen LogP contribution in [-0.4, -0.2) is 47.7 Å². The number of ether oxygens (including phenoxy) is 1. The lowest BCUT2D eigenvalue weighted by molar-refractivity contribution is -0.141. The number of carbonyl (C=O) groups excluding carboxylic acids is 1. The van der Waals surface area contributed by atoms with Crippen LogP contribution in [0.2, 0.25) is 0 Å². The molecule has 1 aliphatic carbocycles. The van der Waals surface area contributed by atoms with E-state index in [1.54, 1.807) is 4.90 Å². The number of amides is 1. The van der Waals surface area contributed by atoms with E-state index in [9.17, 15) is 9.59 Å². The summed E-state index contributed by atoms with van der Waals surface area (Å²) in [7, 11) is 0. The summed E-state index contributed by atoms with van der Waals surface area (Å²) in [6.07, 6.45) is 1.44. The van der Waals surface area contributed by atoms with Gasteiger partial charge in [0.15, 0.2) is 0 Å². The van der Waals surface area contributed by atoms with Crippen LogP contribution in [-0.2, 0) is 14.3 Å². The maximum absolute atomic E-state index is 11.9. The molecule has 1 saturated heterocycles. The fourth-order valence-electron chi connectivity index (χ4n) is 2.23. The lowest BCUT2D eigenvalue weighted by Gasteiger charge is -2.15. The summed E-state index contributed by atoms with van der Waals surface area (Å²) < 4.78 is 5.36. The van der Waals surface area contributed by atoms with Crippen molar-refractivity contribution in [3.8, 4) is 0 Å². The van der Waals surface area contributed by atoms with Gasteiger partial charge in [0, 0.05) is 19.7 Å². The standard InChI is InChI=1S/C11H17NO4/c1-2-16-9-5-8(9)10(13)12-4-3-7(6-12)11(14)15/h7-9H,2-6H2,1H3,(H,14,15). The number of carboxylic acids is 1. The molecule has 2 fully saturated rings. The Kier molecular flexibility index (Phi) is 3.14. The zero-order valence-corrected chi connectivity index (χ0v) is 9.39. The molecule has 0 aromatic carbocycles. The molecule has 2 rings (SSSR count). The van der Waals surface area contributed by atoms with Gasteiger partial charge in [-0.25, -0.2) is 0 Å². The van der Waals surface area contributed by atoms with Crippen LogP contribution in [0, 0.1) is 11.8 Å². The van der Waals surface area contributed by atoms with Crippen molar-refractivity contribution in [2.24, 2.45) is 11.8 Å². The predicted molar refractivity (Wildman–Crippen MR) is 55.8 cm³/mol. The lowest BCUT2D eigenvalue weighted by Crippen LogP contribution is -2.32. The number of aliphatic carboxylic acids is 1. The number of carboxylic acid groups (broad SMARTS) is 1. The first-order valence-corrected chi connectivity index (χ1v) is 5.76. The first-order chi connectivity index (χ1) is 7.63. The molecule has 0 bridgehead atoms. The quantitative estimate of drug-likeness (QED) is 0.752. The number of hydrogen-bond acceptors (Lipinski definition) is 3. The van der Waals surface area contributed by atoms with E-state index >= 15 is 0 Å². The summed E-state index contributed by atoms with van der Waals surface area (Å²) in [5.41, 5.74) is 0. The van der Waals surface area contributed by atoms with Gasteiger partial charge in [-0.3, -0.25) is 9.59 Å².